The summed E-state index contributed by atoms with van der Waals surface area (Å²) in [6, 6.07) is 10.8. The second-order valence-electron chi connectivity index (χ2n) is 5.71. The number of likely N-dealkylation sites (tertiary alicyclic amines) is 1. The highest BCUT2D eigenvalue weighted by Gasteiger charge is 2.40. The van der Waals surface area contributed by atoms with Crippen LogP contribution in [0.15, 0.2) is 47.1 Å². The minimum absolute atomic E-state index is 0.131. The Morgan fingerprint density at radius 2 is 2.04 bits per heavy atom. The van der Waals surface area contributed by atoms with Gasteiger partial charge in [0.1, 0.15) is 11.5 Å². The Morgan fingerprint density at radius 1 is 1.25 bits per heavy atom. The third-order valence-electron chi connectivity index (χ3n) is 4.04. The minimum Gasteiger partial charge on any atom is -0.468 e. The highest BCUT2D eigenvalue weighted by Crippen LogP contribution is 2.26. The zero-order valence-corrected chi connectivity index (χ0v) is 14.2. The number of para-hydroxylation sites is 1. The molecule has 1 aromatic carbocycles. The molecule has 1 fully saturated rings. The molecule has 0 bridgehead atoms. The van der Waals surface area contributed by atoms with Gasteiger partial charge in [-0.05, 0) is 24.3 Å². The molecule has 124 valence electrons. The molecule has 1 aliphatic heterocycles. The number of aromatic nitrogens is 1. The molecule has 0 unspecified atom stereocenters. The van der Waals surface area contributed by atoms with Crippen molar-refractivity contribution in [2.24, 2.45) is 0 Å². The monoisotopic (exact) mass is 362 g/mol. The SMILES string of the molecule is O=C(c1nc2ccccc2s1)N1CC(S(=O)(=O)Cc2ccco2)C1. The van der Waals surface area contributed by atoms with Crippen LogP contribution in [0.2, 0.25) is 0 Å². The Bertz CT molecular complexity index is 953. The first-order chi connectivity index (χ1) is 11.5. The van der Waals surface area contributed by atoms with Crippen LogP contribution in [0.25, 0.3) is 10.2 Å². The van der Waals surface area contributed by atoms with E-state index in [0.29, 0.717) is 10.8 Å². The molecule has 6 nitrogen and oxygen atoms in total. The van der Waals surface area contributed by atoms with Crippen molar-refractivity contribution < 1.29 is 17.6 Å². The summed E-state index contributed by atoms with van der Waals surface area (Å²) in [4.78, 5) is 18.3. The van der Waals surface area contributed by atoms with Crippen molar-refractivity contribution in [3.8, 4) is 0 Å². The van der Waals surface area contributed by atoms with Crippen molar-refractivity contribution >= 4 is 37.3 Å². The number of amides is 1. The van der Waals surface area contributed by atoms with Gasteiger partial charge >= 0.3 is 0 Å². The lowest BCUT2D eigenvalue weighted by Crippen LogP contribution is -2.57. The molecule has 0 aliphatic carbocycles. The molecule has 3 aromatic rings. The number of sulfone groups is 1. The summed E-state index contributed by atoms with van der Waals surface area (Å²) in [7, 11) is -3.32. The molecule has 0 saturated carbocycles. The number of furan rings is 1. The van der Waals surface area contributed by atoms with E-state index in [1.807, 2.05) is 24.3 Å². The van der Waals surface area contributed by atoms with Gasteiger partial charge in [0, 0.05) is 13.1 Å². The van der Waals surface area contributed by atoms with E-state index in [2.05, 4.69) is 4.98 Å². The number of carbonyl (C=O) groups is 1. The van der Waals surface area contributed by atoms with E-state index < -0.39 is 15.1 Å². The van der Waals surface area contributed by atoms with Gasteiger partial charge in [-0.3, -0.25) is 4.79 Å². The van der Waals surface area contributed by atoms with E-state index in [1.54, 1.807) is 12.1 Å². The molecule has 0 radical (unpaired) electrons. The fourth-order valence-corrected chi connectivity index (χ4v) is 5.19. The largest absolute Gasteiger partial charge is 0.468 e. The molecule has 1 saturated heterocycles. The standard InChI is InChI=1S/C16H14N2O4S2/c19-16(15-17-13-5-1-2-6-14(13)23-15)18-8-12(9-18)24(20,21)10-11-4-3-7-22-11/h1-7,12H,8-10H2. The van der Waals surface area contributed by atoms with Crippen LogP contribution in [0.1, 0.15) is 15.6 Å². The van der Waals surface area contributed by atoms with Gasteiger partial charge in [-0.25, -0.2) is 13.4 Å². The van der Waals surface area contributed by atoms with E-state index >= 15 is 0 Å². The van der Waals surface area contributed by atoms with Crippen molar-refractivity contribution in [1.82, 2.24) is 9.88 Å². The lowest BCUT2D eigenvalue weighted by atomic mass is 10.2. The van der Waals surface area contributed by atoms with Crippen LogP contribution in [-0.4, -0.2) is 42.5 Å². The third-order valence-corrected chi connectivity index (χ3v) is 7.07. The van der Waals surface area contributed by atoms with Gasteiger partial charge in [-0.15, -0.1) is 11.3 Å². The van der Waals surface area contributed by atoms with Gasteiger partial charge in [0.05, 0.1) is 21.7 Å². The normalized spacial score (nSPS) is 15.6. The molecule has 0 spiro atoms. The number of hydrogen-bond donors (Lipinski definition) is 0. The summed E-state index contributed by atoms with van der Waals surface area (Å²) in [6.45, 7) is 0.412. The molecule has 0 N–H and O–H groups in total. The highest BCUT2D eigenvalue weighted by molar-refractivity contribution is 7.91. The van der Waals surface area contributed by atoms with Crippen molar-refractivity contribution in [1.29, 1.82) is 0 Å². The van der Waals surface area contributed by atoms with Crippen LogP contribution in [-0.2, 0) is 15.6 Å². The number of rotatable bonds is 4. The first kappa shape index (κ1) is 15.3. The molecule has 3 heterocycles. The van der Waals surface area contributed by atoms with E-state index in [4.69, 9.17) is 4.42 Å². The van der Waals surface area contributed by atoms with Crippen molar-refractivity contribution in [2.75, 3.05) is 13.1 Å². The molecular weight excluding hydrogens is 348 g/mol. The Balaban J connectivity index is 1.44. The summed E-state index contributed by atoms with van der Waals surface area (Å²) in [5.41, 5.74) is 0.786. The van der Waals surface area contributed by atoms with Crippen LogP contribution in [0.3, 0.4) is 0 Å². The molecule has 2 aromatic heterocycles. The highest BCUT2D eigenvalue weighted by atomic mass is 32.2. The van der Waals surface area contributed by atoms with Crippen LogP contribution < -0.4 is 0 Å². The van der Waals surface area contributed by atoms with Crippen molar-refractivity contribution in [3.05, 3.63) is 53.4 Å². The molecule has 1 amide bonds. The van der Waals surface area contributed by atoms with Gasteiger partial charge in [0.2, 0.25) is 0 Å². The molecule has 4 rings (SSSR count). The van der Waals surface area contributed by atoms with Gasteiger partial charge in [0.15, 0.2) is 14.8 Å². The summed E-state index contributed by atoms with van der Waals surface area (Å²) < 4.78 is 30.7. The van der Waals surface area contributed by atoms with Crippen molar-refractivity contribution in [2.45, 2.75) is 11.0 Å². The maximum atomic E-state index is 12.4. The van der Waals surface area contributed by atoms with Gasteiger partial charge in [0.25, 0.3) is 5.91 Å². The van der Waals surface area contributed by atoms with E-state index in [9.17, 15) is 13.2 Å². The zero-order chi connectivity index (χ0) is 16.7. The Labute approximate surface area is 142 Å². The number of fused-ring (bicyclic) bond motifs is 1. The summed E-state index contributed by atoms with van der Waals surface area (Å²) in [5, 5.41) is -0.140. The van der Waals surface area contributed by atoms with Gasteiger partial charge < -0.3 is 9.32 Å². The van der Waals surface area contributed by atoms with Crippen LogP contribution in [0.4, 0.5) is 0 Å². The first-order valence-electron chi connectivity index (χ1n) is 7.42. The van der Waals surface area contributed by atoms with E-state index in [0.717, 1.165) is 10.2 Å². The second kappa shape index (κ2) is 5.71. The second-order valence-corrected chi connectivity index (χ2v) is 9.02. The topological polar surface area (TPSA) is 80.5 Å². The molecule has 8 heteroatoms. The lowest BCUT2D eigenvalue weighted by molar-refractivity contribution is 0.0658. The van der Waals surface area contributed by atoms with E-state index in [-0.39, 0.29) is 24.7 Å². The van der Waals surface area contributed by atoms with Crippen LogP contribution >= 0.6 is 11.3 Å². The first-order valence-corrected chi connectivity index (χ1v) is 9.95. The number of carbonyl (C=O) groups excluding carboxylic acids is 1. The fraction of sp³-hybridized carbons (Fsp3) is 0.250. The number of benzene rings is 1. The average molecular weight is 362 g/mol. The predicted molar refractivity (Wildman–Crippen MR) is 90.6 cm³/mol. The summed E-state index contributed by atoms with van der Waals surface area (Å²) in [6.07, 6.45) is 1.45. The maximum Gasteiger partial charge on any atom is 0.282 e. The van der Waals surface area contributed by atoms with E-state index in [1.165, 1.54) is 22.5 Å². The fourth-order valence-electron chi connectivity index (χ4n) is 2.64. The average Bonchev–Trinajstić information content (AvgIpc) is 3.13. The number of nitrogens with zero attached hydrogens (tertiary/aromatic N) is 2. The number of thiazole rings is 1. The maximum absolute atomic E-state index is 12.4. The van der Waals surface area contributed by atoms with Gasteiger partial charge in [-0.2, -0.15) is 0 Å². The lowest BCUT2D eigenvalue weighted by Gasteiger charge is -2.37. The molecule has 1 aliphatic rings. The minimum atomic E-state index is -3.32. The quantitative estimate of drug-likeness (QED) is 0.712. The molecule has 0 atom stereocenters. The Kier molecular flexibility index (Phi) is 3.65. The van der Waals surface area contributed by atoms with Crippen LogP contribution in [0.5, 0.6) is 0 Å². The number of hydrogen-bond acceptors (Lipinski definition) is 6. The Morgan fingerprint density at radius 3 is 2.75 bits per heavy atom. The zero-order valence-electron chi connectivity index (χ0n) is 12.6. The third kappa shape index (κ3) is 2.71. The molecule has 24 heavy (non-hydrogen) atoms. The smallest absolute Gasteiger partial charge is 0.282 e. The summed E-state index contributed by atoms with van der Waals surface area (Å²) in [5.74, 6) is 0.0833. The van der Waals surface area contributed by atoms with Crippen LogP contribution in [0, 0.1) is 0 Å². The predicted octanol–water partition coefficient (Wildman–Crippen LogP) is 2.33. The Hall–Kier alpha value is -2.19. The summed E-state index contributed by atoms with van der Waals surface area (Å²) >= 11 is 1.33. The van der Waals surface area contributed by atoms with Crippen molar-refractivity contribution in [3.63, 3.8) is 0 Å². The molecular formula is C16H14N2O4S2. The van der Waals surface area contributed by atoms with Gasteiger partial charge in [-0.1, -0.05) is 12.1 Å².